The molecule has 0 saturated carbocycles. The average molecular weight is 278 g/mol. The van der Waals surface area contributed by atoms with Gasteiger partial charge in [-0.25, -0.2) is 0 Å². The highest BCUT2D eigenvalue weighted by atomic mass is 16.5. The van der Waals surface area contributed by atoms with Crippen molar-refractivity contribution >= 4 is 5.69 Å². The molecule has 0 spiro atoms. The molecule has 2 N–H and O–H groups in total. The van der Waals surface area contributed by atoms with Crippen molar-refractivity contribution in [3.63, 3.8) is 0 Å². The molecule has 0 aliphatic heterocycles. The van der Waals surface area contributed by atoms with E-state index in [-0.39, 0.29) is 0 Å². The molecule has 3 rings (SSSR count). The predicted octanol–water partition coefficient (Wildman–Crippen LogP) is 4.01. The lowest BCUT2D eigenvalue weighted by atomic mass is 9.92. The minimum absolute atomic E-state index is 0.299. The first kappa shape index (κ1) is 13.5. The molecule has 3 heteroatoms. The molecule has 2 aromatic rings. The van der Waals surface area contributed by atoms with Crippen molar-refractivity contribution in [1.82, 2.24) is 0 Å². The fourth-order valence-electron chi connectivity index (χ4n) is 2.79. The van der Waals surface area contributed by atoms with Crippen LogP contribution >= 0.6 is 0 Å². The number of anilines is 1. The van der Waals surface area contributed by atoms with E-state index in [9.17, 15) is 0 Å². The molecule has 0 atom stereocenters. The van der Waals surface area contributed by atoms with Gasteiger partial charge in [0.1, 0.15) is 11.5 Å². The van der Waals surface area contributed by atoms with Crippen molar-refractivity contribution in [2.24, 2.45) is 0 Å². The van der Waals surface area contributed by atoms with Gasteiger partial charge in [-0.1, -0.05) is 6.07 Å². The van der Waals surface area contributed by atoms with Gasteiger partial charge in [-0.05, 0) is 72.7 Å². The van der Waals surface area contributed by atoms with E-state index in [1.54, 1.807) is 6.07 Å². The van der Waals surface area contributed by atoms with Crippen LogP contribution in [0.2, 0.25) is 0 Å². The topological polar surface area (TPSA) is 59.0 Å². The number of benzene rings is 2. The van der Waals surface area contributed by atoms with Gasteiger partial charge in [0.2, 0.25) is 0 Å². The second-order valence-electron chi connectivity index (χ2n) is 5.44. The van der Waals surface area contributed by atoms with Crippen molar-refractivity contribution in [3.05, 3.63) is 53.1 Å². The largest absolute Gasteiger partial charge is 0.457 e. The summed E-state index contributed by atoms with van der Waals surface area (Å²) in [6.07, 6.45) is 5.14. The SMILES string of the molecule is N#CCc1cc(Oc2ccc3c(c2)CCCC3)ccc1N. The fourth-order valence-corrected chi connectivity index (χ4v) is 2.79. The van der Waals surface area contributed by atoms with Crippen LogP contribution in [-0.4, -0.2) is 0 Å². The fraction of sp³-hybridized carbons (Fsp3) is 0.278. The molecule has 0 amide bonds. The van der Waals surface area contributed by atoms with Gasteiger partial charge in [0, 0.05) is 5.69 Å². The summed E-state index contributed by atoms with van der Waals surface area (Å²) >= 11 is 0. The third kappa shape index (κ3) is 3.00. The van der Waals surface area contributed by atoms with E-state index in [1.807, 2.05) is 18.2 Å². The lowest BCUT2D eigenvalue weighted by Gasteiger charge is -2.17. The molecular weight excluding hydrogens is 260 g/mol. The summed E-state index contributed by atoms with van der Waals surface area (Å²) in [5.74, 6) is 1.58. The maximum Gasteiger partial charge on any atom is 0.127 e. The predicted molar refractivity (Wildman–Crippen MR) is 83.3 cm³/mol. The summed E-state index contributed by atoms with van der Waals surface area (Å²) in [7, 11) is 0. The van der Waals surface area contributed by atoms with Gasteiger partial charge < -0.3 is 10.5 Å². The minimum Gasteiger partial charge on any atom is -0.457 e. The van der Waals surface area contributed by atoms with E-state index >= 15 is 0 Å². The van der Waals surface area contributed by atoms with Gasteiger partial charge in [0.25, 0.3) is 0 Å². The lowest BCUT2D eigenvalue weighted by molar-refractivity contribution is 0.480. The number of fused-ring (bicyclic) bond motifs is 1. The molecule has 21 heavy (non-hydrogen) atoms. The number of hydrogen-bond acceptors (Lipinski definition) is 3. The zero-order valence-electron chi connectivity index (χ0n) is 11.9. The molecule has 0 unspecified atom stereocenters. The van der Waals surface area contributed by atoms with Crippen LogP contribution in [0.15, 0.2) is 36.4 Å². The van der Waals surface area contributed by atoms with E-state index in [2.05, 4.69) is 18.2 Å². The van der Waals surface area contributed by atoms with Crippen LogP contribution in [0.25, 0.3) is 0 Å². The second kappa shape index (κ2) is 5.88. The summed E-state index contributed by atoms with van der Waals surface area (Å²) in [6.45, 7) is 0. The Balaban J connectivity index is 1.83. The normalized spacial score (nSPS) is 13.3. The molecule has 3 nitrogen and oxygen atoms in total. The van der Waals surface area contributed by atoms with Crippen LogP contribution < -0.4 is 10.5 Å². The van der Waals surface area contributed by atoms with Crippen molar-refractivity contribution in [1.29, 1.82) is 5.26 Å². The Kier molecular flexibility index (Phi) is 3.79. The molecule has 2 aromatic carbocycles. The van der Waals surface area contributed by atoms with Gasteiger partial charge in [0.05, 0.1) is 12.5 Å². The first-order chi connectivity index (χ1) is 10.3. The van der Waals surface area contributed by atoms with Gasteiger partial charge in [-0.2, -0.15) is 5.26 Å². The Hall–Kier alpha value is -2.47. The third-order valence-electron chi connectivity index (χ3n) is 3.94. The van der Waals surface area contributed by atoms with Crippen molar-refractivity contribution in [3.8, 4) is 17.6 Å². The maximum atomic E-state index is 8.81. The van der Waals surface area contributed by atoms with Crippen molar-refractivity contribution in [2.75, 3.05) is 5.73 Å². The van der Waals surface area contributed by atoms with Crippen molar-refractivity contribution in [2.45, 2.75) is 32.1 Å². The average Bonchev–Trinajstić information content (AvgIpc) is 2.51. The van der Waals surface area contributed by atoms with Crippen LogP contribution in [0.1, 0.15) is 29.5 Å². The Labute approximate surface area is 125 Å². The molecule has 0 saturated heterocycles. The van der Waals surface area contributed by atoms with E-state index in [1.165, 1.54) is 30.4 Å². The maximum absolute atomic E-state index is 8.81. The monoisotopic (exact) mass is 278 g/mol. The van der Waals surface area contributed by atoms with E-state index in [4.69, 9.17) is 15.7 Å². The molecule has 0 fully saturated rings. The highest BCUT2D eigenvalue weighted by Gasteiger charge is 2.10. The van der Waals surface area contributed by atoms with Crippen molar-refractivity contribution < 1.29 is 4.74 Å². The lowest BCUT2D eigenvalue weighted by Crippen LogP contribution is -2.02. The van der Waals surface area contributed by atoms with Gasteiger partial charge in [-0.15, -0.1) is 0 Å². The zero-order chi connectivity index (χ0) is 14.7. The number of nitrogens with two attached hydrogens (primary N) is 1. The van der Waals surface area contributed by atoms with E-state index in [0.29, 0.717) is 12.1 Å². The second-order valence-corrected chi connectivity index (χ2v) is 5.44. The Bertz CT molecular complexity index is 701. The highest BCUT2D eigenvalue weighted by Crippen LogP contribution is 2.29. The number of nitrogen functional groups attached to an aromatic ring is 1. The standard InChI is InChI=1S/C18H18N2O/c19-10-9-15-12-17(7-8-18(15)20)21-16-6-5-13-3-1-2-4-14(13)11-16/h5-8,11-12H,1-4,9,20H2. The van der Waals surface area contributed by atoms with Gasteiger partial charge in [-0.3, -0.25) is 0 Å². The Morgan fingerprint density at radius 3 is 2.52 bits per heavy atom. The summed E-state index contributed by atoms with van der Waals surface area (Å²) in [6, 6.07) is 13.9. The molecule has 0 bridgehead atoms. The van der Waals surface area contributed by atoms with Gasteiger partial charge in [0.15, 0.2) is 0 Å². The van der Waals surface area contributed by atoms with Crippen LogP contribution in [0, 0.1) is 11.3 Å². The smallest absolute Gasteiger partial charge is 0.127 e. The number of nitrogens with zero attached hydrogens (tertiary/aromatic N) is 1. The Morgan fingerprint density at radius 2 is 1.71 bits per heavy atom. The summed E-state index contributed by atoms with van der Waals surface area (Å²) in [5.41, 5.74) is 10.1. The summed E-state index contributed by atoms with van der Waals surface area (Å²) in [4.78, 5) is 0. The van der Waals surface area contributed by atoms with Crippen LogP contribution in [0.3, 0.4) is 0 Å². The molecule has 106 valence electrons. The van der Waals surface area contributed by atoms with E-state index < -0.39 is 0 Å². The third-order valence-corrected chi connectivity index (χ3v) is 3.94. The molecule has 0 aromatic heterocycles. The Morgan fingerprint density at radius 1 is 1.00 bits per heavy atom. The zero-order valence-corrected chi connectivity index (χ0v) is 11.9. The number of hydrogen-bond donors (Lipinski definition) is 1. The minimum atomic E-state index is 0.299. The molecular formula is C18H18N2O. The van der Waals surface area contributed by atoms with Crippen LogP contribution in [-0.2, 0) is 19.3 Å². The van der Waals surface area contributed by atoms with Crippen LogP contribution in [0.5, 0.6) is 11.5 Å². The first-order valence-electron chi connectivity index (χ1n) is 7.31. The molecule has 1 aliphatic carbocycles. The quantitative estimate of drug-likeness (QED) is 0.863. The number of ether oxygens (including phenoxy) is 1. The highest BCUT2D eigenvalue weighted by molar-refractivity contribution is 5.52. The number of rotatable bonds is 3. The molecule has 0 heterocycles. The van der Waals surface area contributed by atoms with E-state index in [0.717, 1.165) is 23.5 Å². The number of nitriles is 1. The summed E-state index contributed by atoms with van der Waals surface area (Å²) in [5, 5.41) is 8.81. The van der Waals surface area contributed by atoms with Gasteiger partial charge >= 0.3 is 0 Å². The first-order valence-corrected chi connectivity index (χ1v) is 7.31. The summed E-state index contributed by atoms with van der Waals surface area (Å²) < 4.78 is 5.92. The molecule has 1 aliphatic rings. The number of aryl methyl sites for hydroxylation is 2. The van der Waals surface area contributed by atoms with Crippen LogP contribution in [0.4, 0.5) is 5.69 Å². The molecule has 0 radical (unpaired) electrons.